The lowest BCUT2D eigenvalue weighted by atomic mass is 9.79. The van der Waals surface area contributed by atoms with Crippen LogP contribution in [0.3, 0.4) is 0 Å². The Labute approximate surface area is 196 Å². The van der Waals surface area contributed by atoms with Crippen molar-refractivity contribution in [2.24, 2.45) is 0 Å². The summed E-state index contributed by atoms with van der Waals surface area (Å²) in [4.78, 5) is 30.1. The van der Waals surface area contributed by atoms with Gasteiger partial charge in [0.25, 0.3) is 5.91 Å². The molecule has 6 nitrogen and oxygen atoms in total. The van der Waals surface area contributed by atoms with Gasteiger partial charge in [-0.15, -0.1) is 0 Å². The highest BCUT2D eigenvalue weighted by molar-refractivity contribution is 6.32. The lowest BCUT2D eigenvalue weighted by molar-refractivity contribution is -0.138. The number of carbonyl (C=O) groups excluding carboxylic acids is 2. The third-order valence-electron chi connectivity index (χ3n) is 6.30. The average molecular weight is 480 g/mol. The van der Waals surface area contributed by atoms with Crippen LogP contribution in [0.1, 0.15) is 23.1 Å². The molecule has 4 rings (SSSR count). The van der Waals surface area contributed by atoms with Crippen LogP contribution in [0.5, 0.6) is 5.75 Å². The van der Waals surface area contributed by atoms with Crippen molar-refractivity contribution >= 4 is 40.7 Å². The van der Waals surface area contributed by atoms with E-state index in [-0.39, 0.29) is 18.9 Å². The van der Waals surface area contributed by atoms with Crippen molar-refractivity contribution in [2.45, 2.75) is 31.1 Å². The predicted molar refractivity (Wildman–Crippen MR) is 122 cm³/mol. The molecule has 0 radical (unpaired) electrons. The molecule has 0 aliphatic carbocycles. The van der Waals surface area contributed by atoms with Crippen LogP contribution in [-0.4, -0.2) is 61.6 Å². The van der Waals surface area contributed by atoms with Crippen molar-refractivity contribution in [3.63, 3.8) is 0 Å². The van der Waals surface area contributed by atoms with Crippen molar-refractivity contribution in [1.29, 1.82) is 0 Å². The van der Waals surface area contributed by atoms with Crippen LogP contribution in [0, 0.1) is 6.92 Å². The lowest BCUT2D eigenvalue weighted by Gasteiger charge is -2.42. The third kappa shape index (κ3) is 3.26. The maximum Gasteiger partial charge on any atom is 0.254 e. The van der Waals surface area contributed by atoms with Crippen LogP contribution in [0.25, 0.3) is 0 Å². The Bertz CT molecular complexity index is 1110. The minimum Gasteiger partial charge on any atom is -0.496 e. The standard InChI is InChI=1S/C23H24Cl2FN3O3/c1-12-16(25)6-7-17-20(12)23(22(31)27-17,15-9-13(24)5-8-19(15)32-4)29-11-14(26)10-18(29)21(30)28(2)3/h5-9,14,18H,10-11H2,1-4H3,(H,27,31)/t14-,18+,23?/m1/s1. The summed E-state index contributed by atoms with van der Waals surface area (Å²) in [7, 11) is 4.72. The Hall–Kier alpha value is -2.35. The van der Waals surface area contributed by atoms with E-state index in [0.29, 0.717) is 38.2 Å². The van der Waals surface area contributed by atoms with E-state index in [2.05, 4.69) is 5.32 Å². The van der Waals surface area contributed by atoms with E-state index in [1.54, 1.807) is 56.3 Å². The van der Waals surface area contributed by atoms with Gasteiger partial charge in [0.15, 0.2) is 5.54 Å². The van der Waals surface area contributed by atoms with Gasteiger partial charge in [-0.2, -0.15) is 0 Å². The van der Waals surface area contributed by atoms with E-state index in [0.717, 1.165) is 0 Å². The zero-order valence-corrected chi connectivity index (χ0v) is 19.7. The Balaban J connectivity index is 2.10. The number of fused-ring (bicyclic) bond motifs is 1. The number of nitrogens with zero attached hydrogens (tertiary/aromatic N) is 2. The molecular weight excluding hydrogens is 456 g/mol. The number of nitrogens with one attached hydrogen (secondary N) is 1. The zero-order valence-electron chi connectivity index (χ0n) is 18.2. The summed E-state index contributed by atoms with van der Waals surface area (Å²) in [6, 6.07) is 7.51. The number of likely N-dealkylation sites (N-methyl/N-ethyl adjacent to an activating group) is 1. The van der Waals surface area contributed by atoms with Crippen LogP contribution in [-0.2, 0) is 15.1 Å². The number of likely N-dealkylation sites (tertiary alicyclic amines) is 1. The lowest BCUT2D eigenvalue weighted by Crippen LogP contribution is -2.57. The van der Waals surface area contributed by atoms with Crippen molar-refractivity contribution in [3.05, 3.63) is 57.1 Å². The molecule has 2 heterocycles. The second-order valence-electron chi connectivity index (χ2n) is 8.34. The van der Waals surface area contributed by atoms with Crippen LogP contribution in [0.15, 0.2) is 30.3 Å². The molecule has 1 N–H and O–H groups in total. The van der Waals surface area contributed by atoms with E-state index in [4.69, 9.17) is 27.9 Å². The molecule has 32 heavy (non-hydrogen) atoms. The largest absolute Gasteiger partial charge is 0.496 e. The number of rotatable bonds is 4. The molecule has 2 aromatic rings. The normalized spacial score (nSPS) is 24.9. The van der Waals surface area contributed by atoms with Gasteiger partial charge in [-0.1, -0.05) is 23.2 Å². The number of alkyl halides is 1. The first kappa shape index (κ1) is 22.8. The first-order valence-corrected chi connectivity index (χ1v) is 11.0. The number of carbonyl (C=O) groups is 2. The number of hydrogen-bond donors (Lipinski definition) is 1. The smallest absolute Gasteiger partial charge is 0.254 e. The number of methoxy groups -OCH3 is 1. The van der Waals surface area contributed by atoms with Crippen molar-refractivity contribution in [3.8, 4) is 5.75 Å². The van der Waals surface area contributed by atoms with E-state index >= 15 is 0 Å². The second-order valence-corrected chi connectivity index (χ2v) is 9.18. The first-order valence-electron chi connectivity index (χ1n) is 10.2. The molecule has 2 aromatic carbocycles. The van der Waals surface area contributed by atoms with E-state index < -0.39 is 23.7 Å². The van der Waals surface area contributed by atoms with Gasteiger partial charge in [-0.3, -0.25) is 14.5 Å². The Morgan fingerprint density at radius 1 is 1.28 bits per heavy atom. The molecule has 2 aliphatic heterocycles. The van der Waals surface area contributed by atoms with Gasteiger partial charge in [0, 0.05) is 53.9 Å². The highest BCUT2D eigenvalue weighted by Gasteiger charge is 2.60. The van der Waals surface area contributed by atoms with Crippen LogP contribution >= 0.6 is 23.2 Å². The number of halogens is 3. The molecule has 0 bridgehead atoms. The van der Waals surface area contributed by atoms with Gasteiger partial charge in [-0.05, 0) is 42.8 Å². The molecule has 0 spiro atoms. The van der Waals surface area contributed by atoms with Crippen LogP contribution < -0.4 is 10.1 Å². The zero-order chi connectivity index (χ0) is 23.4. The molecule has 0 saturated carbocycles. The first-order chi connectivity index (χ1) is 15.1. The Morgan fingerprint density at radius 3 is 2.66 bits per heavy atom. The molecule has 0 aromatic heterocycles. The Morgan fingerprint density at radius 2 is 2.00 bits per heavy atom. The quantitative estimate of drug-likeness (QED) is 0.719. The van der Waals surface area contributed by atoms with Crippen molar-refractivity contribution < 1.29 is 18.7 Å². The maximum absolute atomic E-state index is 14.9. The van der Waals surface area contributed by atoms with Gasteiger partial charge in [0.1, 0.15) is 11.9 Å². The summed E-state index contributed by atoms with van der Waals surface area (Å²) in [6.45, 7) is 1.69. The van der Waals surface area contributed by atoms with Crippen molar-refractivity contribution in [1.82, 2.24) is 9.80 Å². The highest BCUT2D eigenvalue weighted by Crippen LogP contribution is 2.53. The monoisotopic (exact) mass is 479 g/mol. The number of amides is 2. The molecule has 3 atom stereocenters. The molecule has 1 saturated heterocycles. The highest BCUT2D eigenvalue weighted by atomic mass is 35.5. The minimum absolute atomic E-state index is 0.0239. The predicted octanol–water partition coefficient (Wildman–Crippen LogP) is 4.01. The summed E-state index contributed by atoms with van der Waals surface area (Å²) in [5, 5.41) is 3.76. The van der Waals surface area contributed by atoms with Gasteiger partial charge in [0.2, 0.25) is 5.91 Å². The minimum atomic E-state index is -1.56. The Kier molecular flexibility index (Phi) is 5.86. The topological polar surface area (TPSA) is 61.9 Å². The fraction of sp³-hybridized carbons (Fsp3) is 0.391. The number of hydrogen-bond acceptors (Lipinski definition) is 4. The summed E-state index contributed by atoms with van der Waals surface area (Å²) < 4.78 is 20.5. The van der Waals surface area contributed by atoms with Gasteiger partial charge < -0.3 is 15.0 Å². The van der Waals surface area contributed by atoms with Crippen molar-refractivity contribution in [2.75, 3.05) is 33.1 Å². The molecule has 2 aliphatic rings. The average Bonchev–Trinajstić information content (AvgIpc) is 3.28. The van der Waals surface area contributed by atoms with E-state index in [1.165, 1.54) is 12.0 Å². The molecule has 1 fully saturated rings. The fourth-order valence-electron chi connectivity index (χ4n) is 4.92. The SMILES string of the molecule is COc1ccc(Cl)cc1C1(N2C[C@H](F)C[C@H]2C(=O)N(C)C)C(=O)Nc2ccc(Cl)c(C)c21. The maximum atomic E-state index is 14.9. The van der Waals surface area contributed by atoms with E-state index in [9.17, 15) is 14.0 Å². The van der Waals surface area contributed by atoms with E-state index in [1.807, 2.05) is 0 Å². The molecule has 9 heteroatoms. The van der Waals surface area contributed by atoms with Crippen LogP contribution in [0.2, 0.25) is 10.0 Å². The van der Waals surface area contributed by atoms with Gasteiger partial charge in [-0.25, -0.2) is 4.39 Å². The van der Waals surface area contributed by atoms with Crippen LogP contribution in [0.4, 0.5) is 10.1 Å². The number of ether oxygens (including phenoxy) is 1. The summed E-state index contributed by atoms with van der Waals surface area (Å²) in [5.41, 5.74) is 0.652. The molecule has 2 amide bonds. The fourth-order valence-corrected chi connectivity index (χ4v) is 5.25. The summed E-state index contributed by atoms with van der Waals surface area (Å²) in [6.07, 6.45) is -1.31. The third-order valence-corrected chi connectivity index (χ3v) is 6.94. The molecular formula is C23H24Cl2FN3O3. The molecule has 1 unspecified atom stereocenters. The number of benzene rings is 2. The summed E-state index contributed by atoms with van der Waals surface area (Å²) >= 11 is 12.8. The molecule has 170 valence electrons. The number of anilines is 1. The van der Waals surface area contributed by atoms with Gasteiger partial charge in [0.05, 0.1) is 13.2 Å². The summed E-state index contributed by atoms with van der Waals surface area (Å²) in [5.74, 6) is -0.300. The van der Waals surface area contributed by atoms with Gasteiger partial charge >= 0.3 is 0 Å². The second kappa shape index (κ2) is 8.21.